The highest BCUT2D eigenvalue weighted by molar-refractivity contribution is 9.11. The number of anilines is 1. The van der Waals surface area contributed by atoms with Crippen molar-refractivity contribution >= 4 is 61.0 Å². The zero-order chi connectivity index (χ0) is 16.3. The molecule has 0 aromatic heterocycles. The second-order valence-corrected chi connectivity index (χ2v) is 6.68. The number of benzene rings is 2. The largest absolute Gasteiger partial charge is 0.478 e. The van der Waals surface area contributed by atoms with Gasteiger partial charge in [-0.05, 0) is 45.8 Å². The van der Waals surface area contributed by atoms with Crippen molar-refractivity contribution in [2.45, 2.75) is 6.42 Å². The van der Waals surface area contributed by atoms with Crippen molar-refractivity contribution in [1.29, 1.82) is 0 Å². The second kappa shape index (κ2) is 7.26. The van der Waals surface area contributed by atoms with Gasteiger partial charge in [-0.2, -0.15) is 0 Å². The van der Waals surface area contributed by atoms with Crippen LogP contribution in [0.1, 0.15) is 15.9 Å². The molecule has 0 atom stereocenters. The van der Waals surface area contributed by atoms with Crippen molar-refractivity contribution in [3.05, 3.63) is 61.5 Å². The normalized spacial score (nSPS) is 10.3. The number of rotatable bonds is 4. The molecule has 22 heavy (non-hydrogen) atoms. The number of carbonyl (C=O) groups excluding carboxylic acids is 1. The van der Waals surface area contributed by atoms with Gasteiger partial charge in [0.05, 0.1) is 17.7 Å². The Morgan fingerprint density at radius 1 is 1.18 bits per heavy atom. The number of carboxylic acids is 1. The highest BCUT2D eigenvalue weighted by Crippen LogP contribution is 2.31. The molecule has 0 fully saturated rings. The van der Waals surface area contributed by atoms with E-state index in [1.807, 2.05) is 0 Å². The Hall–Kier alpha value is -1.37. The first-order valence-corrected chi connectivity index (χ1v) is 8.10. The maximum atomic E-state index is 12.1. The van der Waals surface area contributed by atoms with E-state index in [0.29, 0.717) is 14.0 Å². The predicted molar refractivity (Wildman–Crippen MR) is 92.6 cm³/mol. The summed E-state index contributed by atoms with van der Waals surface area (Å²) in [6.07, 6.45) is 0.0993. The first-order valence-electron chi connectivity index (χ1n) is 6.13. The lowest BCUT2D eigenvalue weighted by Gasteiger charge is -2.11. The SMILES string of the molecule is O=C(Cc1cccc(Cl)c1)Nc1c(Br)cc(Br)cc1C(=O)O. The number of hydrogen-bond acceptors (Lipinski definition) is 2. The molecule has 1 amide bonds. The van der Waals surface area contributed by atoms with E-state index in [-0.39, 0.29) is 23.6 Å². The first kappa shape index (κ1) is 17.0. The van der Waals surface area contributed by atoms with Gasteiger partial charge in [0.25, 0.3) is 0 Å². The lowest BCUT2D eigenvalue weighted by Crippen LogP contribution is -2.17. The summed E-state index contributed by atoms with van der Waals surface area (Å²) >= 11 is 12.4. The lowest BCUT2D eigenvalue weighted by atomic mass is 10.1. The number of hydrogen-bond donors (Lipinski definition) is 2. The third-order valence-electron chi connectivity index (χ3n) is 2.80. The van der Waals surface area contributed by atoms with Crippen LogP contribution in [0.4, 0.5) is 5.69 Å². The van der Waals surface area contributed by atoms with Crippen LogP contribution in [-0.4, -0.2) is 17.0 Å². The summed E-state index contributed by atoms with van der Waals surface area (Å²) in [4.78, 5) is 23.4. The molecule has 0 aliphatic rings. The standard InChI is InChI=1S/C15H10Br2ClNO3/c16-9-6-11(15(21)22)14(12(17)7-9)19-13(20)5-8-2-1-3-10(18)4-8/h1-4,6-7H,5H2,(H,19,20)(H,21,22). The lowest BCUT2D eigenvalue weighted by molar-refractivity contribution is -0.115. The Kier molecular flexibility index (Phi) is 5.61. The third kappa shape index (κ3) is 4.32. The van der Waals surface area contributed by atoms with Crippen LogP contribution in [0.3, 0.4) is 0 Å². The van der Waals surface area contributed by atoms with E-state index < -0.39 is 5.97 Å². The van der Waals surface area contributed by atoms with Gasteiger partial charge in [0.15, 0.2) is 0 Å². The molecule has 0 bridgehead atoms. The quantitative estimate of drug-likeness (QED) is 0.711. The highest BCUT2D eigenvalue weighted by atomic mass is 79.9. The van der Waals surface area contributed by atoms with Crippen LogP contribution < -0.4 is 5.32 Å². The van der Waals surface area contributed by atoms with Gasteiger partial charge in [0, 0.05) is 14.0 Å². The van der Waals surface area contributed by atoms with Crippen LogP contribution in [0.2, 0.25) is 5.02 Å². The molecule has 2 aromatic carbocycles. The molecule has 0 spiro atoms. The molecule has 0 aliphatic heterocycles. The number of aromatic carboxylic acids is 1. The van der Waals surface area contributed by atoms with Crippen molar-refractivity contribution in [1.82, 2.24) is 0 Å². The van der Waals surface area contributed by atoms with Gasteiger partial charge in [-0.15, -0.1) is 0 Å². The maximum absolute atomic E-state index is 12.1. The Balaban J connectivity index is 2.23. The average Bonchev–Trinajstić information content (AvgIpc) is 2.41. The fourth-order valence-corrected chi connectivity index (χ4v) is 3.42. The van der Waals surface area contributed by atoms with Gasteiger partial charge < -0.3 is 10.4 Å². The van der Waals surface area contributed by atoms with E-state index in [2.05, 4.69) is 37.2 Å². The number of nitrogens with one attached hydrogen (secondary N) is 1. The molecule has 0 aliphatic carbocycles. The number of carboxylic acid groups (broad SMARTS) is 1. The fourth-order valence-electron chi connectivity index (χ4n) is 1.89. The molecule has 2 N–H and O–H groups in total. The van der Waals surface area contributed by atoms with Gasteiger partial charge in [-0.3, -0.25) is 4.79 Å². The third-order valence-corrected chi connectivity index (χ3v) is 4.12. The van der Waals surface area contributed by atoms with Gasteiger partial charge in [-0.1, -0.05) is 39.7 Å². The molecule has 0 unspecified atom stereocenters. The minimum atomic E-state index is -1.12. The zero-order valence-electron chi connectivity index (χ0n) is 11.1. The van der Waals surface area contributed by atoms with E-state index in [1.54, 1.807) is 30.3 Å². The molecule has 4 nitrogen and oxygen atoms in total. The van der Waals surface area contributed by atoms with Gasteiger partial charge in [0.2, 0.25) is 5.91 Å². The van der Waals surface area contributed by atoms with E-state index in [0.717, 1.165) is 5.56 Å². The van der Waals surface area contributed by atoms with Gasteiger partial charge >= 0.3 is 5.97 Å². The Morgan fingerprint density at radius 2 is 1.91 bits per heavy atom. The molecule has 2 rings (SSSR count). The van der Waals surface area contributed by atoms with Crippen LogP contribution in [0.5, 0.6) is 0 Å². The monoisotopic (exact) mass is 445 g/mol. The highest BCUT2D eigenvalue weighted by Gasteiger charge is 2.17. The summed E-state index contributed by atoms with van der Waals surface area (Å²) in [6, 6.07) is 10.0. The molecular weight excluding hydrogens is 437 g/mol. The van der Waals surface area contributed by atoms with Crippen molar-refractivity contribution in [3.8, 4) is 0 Å². The molecule has 0 heterocycles. The van der Waals surface area contributed by atoms with Crippen molar-refractivity contribution in [2.24, 2.45) is 0 Å². The molecule has 0 saturated heterocycles. The number of amides is 1. The molecule has 2 aromatic rings. The number of halogens is 3. The van der Waals surface area contributed by atoms with Crippen LogP contribution in [0.15, 0.2) is 45.3 Å². The molecule has 114 valence electrons. The summed E-state index contributed by atoms with van der Waals surface area (Å²) in [6.45, 7) is 0. The average molecular weight is 448 g/mol. The van der Waals surface area contributed by atoms with Gasteiger partial charge in [-0.25, -0.2) is 4.79 Å². The maximum Gasteiger partial charge on any atom is 0.337 e. The zero-order valence-corrected chi connectivity index (χ0v) is 15.0. The van der Waals surface area contributed by atoms with Crippen molar-refractivity contribution in [2.75, 3.05) is 5.32 Å². The minimum Gasteiger partial charge on any atom is -0.478 e. The van der Waals surface area contributed by atoms with Crippen molar-refractivity contribution < 1.29 is 14.7 Å². The molecular formula is C15H10Br2ClNO3. The smallest absolute Gasteiger partial charge is 0.337 e. The van der Waals surface area contributed by atoms with E-state index >= 15 is 0 Å². The minimum absolute atomic E-state index is 0.000643. The summed E-state index contributed by atoms with van der Waals surface area (Å²) in [7, 11) is 0. The van der Waals surface area contributed by atoms with Crippen LogP contribution >= 0.6 is 43.5 Å². The van der Waals surface area contributed by atoms with E-state index in [1.165, 1.54) is 6.07 Å². The summed E-state index contributed by atoms with van der Waals surface area (Å²) in [5.41, 5.74) is 0.971. The second-order valence-electron chi connectivity index (χ2n) is 4.47. The Labute approximate surface area is 148 Å². The Morgan fingerprint density at radius 3 is 2.55 bits per heavy atom. The summed E-state index contributed by atoms with van der Waals surface area (Å²) in [5.74, 6) is -1.45. The van der Waals surface area contributed by atoms with E-state index in [9.17, 15) is 14.7 Å². The summed E-state index contributed by atoms with van der Waals surface area (Å²) < 4.78 is 1.09. The van der Waals surface area contributed by atoms with Gasteiger partial charge in [0.1, 0.15) is 0 Å². The van der Waals surface area contributed by atoms with Crippen LogP contribution in [0.25, 0.3) is 0 Å². The van der Waals surface area contributed by atoms with Crippen molar-refractivity contribution in [3.63, 3.8) is 0 Å². The fraction of sp³-hybridized carbons (Fsp3) is 0.0667. The van der Waals surface area contributed by atoms with E-state index in [4.69, 9.17) is 11.6 Å². The first-order chi connectivity index (χ1) is 10.4. The summed E-state index contributed by atoms with van der Waals surface area (Å²) in [5, 5.41) is 12.4. The van der Waals surface area contributed by atoms with Crippen LogP contribution in [-0.2, 0) is 11.2 Å². The molecule has 7 heteroatoms. The number of carbonyl (C=O) groups is 2. The van der Waals surface area contributed by atoms with Crippen LogP contribution in [0, 0.1) is 0 Å². The molecule has 0 radical (unpaired) electrons. The predicted octanol–water partition coefficient (Wildman–Crippen LogP) is 4.74. The molecule has 0 saturated carbocycles. The topological polar surface area (TPSA) is 66.4 Å². The Bertz CT molecular complexity index is 750.